The zero-order chi connectivity index (χ0) is 20.0. The van der Waals surface area contributed by atoms with Crippen LogP contribution in [-0.4, -0.2) is 19.2 Å². The first kappa shape index (κ1) is 20.0. The number of carbonyl (C=O) groups is 1. The molecule has 0 atom stereocenters. The zero-order valence-electron chi connectivity index (χ0n) is 15.0. The number of hydrogen-bond acceptors (Lipinski definition) is 4. The van der Waals surface area contributed by atoms with E-state index in [4.69, 9.17) is 11.6 Å². The number of aromatic nitrogens is 1. The highest BCUT2D eigenvalue weighted by atomic mass is 35.5. The van der Waals surface area contributed by atoms with Crippen molar-refractivity contribution < 1.29 is 13.2 Å². The molecule has 3 rings (SSSR count). The smallest absolute Gasteiger partial charge is 0.261 e. The number of benzene rings is 2. The van der Waals surface area contributed by atoms with Crippen molar-refractivity contribution >= 4 is 33.1 Å². The molecule has 3 aromatic rings. The summed E-state index contributed by atoms with van der Waals surface area (Å²) < 4.78 is 27.3. The van der Waals surface area contributed by atoms with Crippen molar-refractivity contribution in [3.63, 3.8) is 0 Å². The molecule has 0 aliphatic heterocycles. The van der Waals surface area contributed by atoms with E-state index in [1.165, 1.54) is 24.3 Å². The van der Waals surface area contributed by atoms with Crippen LogP contribution in [0.5, 0.6) is 0 Å². The number of hydrogen-bond donors (Lipinski definition) is 1. The van der Waals surface area contributed by atoms with Gasteiger partial charge in [0.05, 0.1) is 4.90 Å². The van der Waals surface area contributed by atoms with Crippen molar-refractivity contribution in [1.29, 1.82) is 0 Å². The van der Waals surface area contributed by atoms with Gasteiger partial charge in [-0.3, -0.25) is 14.5 Å². The third-order valence-corrected chi connectivity index (χ3v) is 5.80. The Labute approximate surface area is 169 Å². The van der Waals surface area contributed by atoms with Crippen LogP contribution in [0.4, 0.5) is 5.69 Å². The van der Waals surface area contributed by atoms with E-state index in [1.54, 1.807) is 36.7 Å². The molecule has 0 bridgehead atoms. The van der Waals surface area contributed by atoms with Crippen LogP contribution in [0.1, 0.15) is 17.5 Å². The summed E-state index contributed by atoms with van der Waals surface area (Å²) in [5.74, 6) is 0.123. The van der Waals surface area contributed by atoms with E-state index in [0.717, 1.165) is 11.1 Å². The summed E-state index contributed by atoms with van der Waals surface area (Å²) in [4.78, 5) is 16.3. The van der Waals surface area contributed by atoms with Crippen molar-refractivity contribution in [1.82, 2.24) is 4.98 Å². The number of carbonyl (C=O) groups excluding carboxylic acids is 1. The van der Waals surface area contributed by atoms with Crippen molar-refractivity contribution in [2.24, 2.45) is 0 Å². The van der Waals surface area contributed by atoms with Gasteiger partial charge in [0.1, 0.15) is 5.78 Å². The predicted molar refractivity (Wildman–Crippen MR) is 110 cm³/mol. The molecule has 0 saturated heterocycles. The number of sulfonamides is 1. The molecule has 1 heterocycles. The average molecular weight is 415 g/mol. The lowest BCUT2D eigenvalue weighted by Gasteiger charge is -2.09. The fraction of sp³-hybridized carbons (Fsp3) is 0.143. The van der Waals surface area contributed by atoms with Crippen LogP contribution in [0.3, 0.4) is 0 Å². The van der Waals surface area contributed by atoms with E-state index in [1.807, 2.05) is 12.1 Å². The number of aryl methyl sites for hydroxylation is 1. The van der Waals surface area contributed by atoms with Gasteiger partial charge in [-0.2, -0.15) is 0 Å². The standard InChI is InChI=1S/C21H19ClN2O3S/c22-18-6-11-21(12-7-18)28(26,27)24-19-8-3-16(4-9-19)14-20(25)10-5-17-2-1-13-23-15-17/h1-4,6-9,11-13,15,24H,5,10,14H2. The molecule has 5 nitrogen and oxygen atoms in total. The summed E-state index contributed by atoms with van der Waals surface area (Å²) in [7, 11) is -3.69. The van der Waals surface area contributed by atoms with E-state index in [-0.39, 0.29) is 10.7 Å². The van der Waals surface area contributed by atoms with Crippen LogP contribution >= 0.6 is 11.6 Å². The second-order valence-electron chi connectivity index (χ2n) is 6.33. The molecule has 0 saturated carbocycles. The number of rotatable bonds is 8. The molecule has 0 spiro atoms. The van der Waals surface area contributed by atoms with Crippen LogP contribution in [-0.2, 0) is 27.7 Å². The summed E-state index contributed by atoms with van der Waals surface area (Å²) in [6.45, 7) is 0. The van der Waals surface area contributed by atoms with Gasteiger partial charge in [0, 0.05) is 35.9 Å². The largest absolute Gasteiger partial charge is 0.299 e. The fourth-order valence-electron chi connectivity index (χ4n) is 2.66. The Morgan fingerprint density at radius 1 is 0.964 bits per heavy atom. The monoisotopic (exact) mass is 414 g/mol. The predicted octanol–water partition coefficient (Wildman–Crippen LogP) is 4.28. The summed E-state index contributed by atoms with van der Waals surface area (Å²) in [6.07, 6.45) is 4.87. The van der Waals surface area contributed by atoms with Gasteiger partial charge in [-0.25, -0.2) is 8.42 Å². The van der Waals surface area contributed by atoms with Crippen molar-refractivity contribution in [2.75, 3.05) is 4.72 Å². The molecule has 0 aliphatic carbocycles. The molecule has 0 amide bonds. The maximum absolute atomic E-state index is 12.4. The number of anilines is 1. The first-order valence-corrected chi connectivity index (χ1v) is 10.6. The number of Topliss-reactive ketones (excluding diaryl/α,β-unsaturated/α-hetero) is 1. The maximum atomic E-state index is 12.4. The van der Waals surface area contributed by atoms with Crippen molar-refractivity contribution in [3.8, 4) is 0 Å². The van der Waals surface area contributed by atoms with Crippen molar-refractivity contribution in [2.45, 2.75) is 24.2 Å². The first-order chi connectivity index (χ1) is 13.4. The lowest BCUT2D eigenvalue weighted by Crippen LogP contribution is -2.13. The summed E-state index contributed by atoms with van der Waals surface area (Å²) in [5, 5.41) is 0.469. The van der Waals surface area contributed by atoms with Gasteiger partial charge in [0.2, 0.25) is 0 Å². The first-order valence-electron chi connectivity index (χ1n) is 8.70. The molecule has 1 aromatic heterocycles. The van der Waals surface area contributed by atoms with E-state index in [0.29, 0.717) is 30.0 Å². The quantitative estimate of drug-likeness (QED) is 0.596. The Morgan fingerprint density at radius 2 is 1.68 bits per heavy atom. The molecular formula is C21H19ClN2O3S. The molecule has 2 aromatic carbocycles. The van der Waals surface area contributed by atoms with Crippen LogP contribution in [0, 0.1) is 0 Å². The summed E-state index contributed by atoms with van der Waals surface area (Å²) in [5.41, 5.74) is 2.30. The molecule has 7 heteroatoms. The Hall–Kier alpha value is -2.70. The highest BCUT2D eigenvalue weighted by Gasteiger charge is 2.14. The van der Waals surface area contributed by atoms with Gasteiger partial charge in [0.25, 0.3) is 10.0 Å². The lowest BCUT2D eigenvalue weighted by atomic mass is 10.0. The van der Waals surface area contributed by atoms with Crippen LogP contribution in [0.2, 0.25) is 5.02 Å². The van der Waals surface area contributed by atoms with Gasteiger partial charge in [-0.05, 0) is 60.0 Å². The van der Waals surface area contributed by atoms with Gasteiger partial charge >= 0.3 is 0 Å². The number of halogens is 1. The third kappa shape index (κ3) is 5.65. The second kappa shape index (κ2) is 8.99. The molecule has 0 unspecified atom stereocenters. The van der Waals surface area contributed by atoms with Gasteiger partial charge in [-0.1, -0.05) is 29.8 Å². The Morgan fingerprint density at radius 3 is 2.32 bits per heavy atom. The molecule has 1 N–H and O–H groups in total. The summed E-state index contributed by atoms with van der Waals surface area (Å²) in [6, 6.07) is 16.5. The van der Waals surface area contributed by atoms with Crippen LogP contribution in [0.25, 0.3) is 0 Å². The van der Waals surface area contributed by atoms with Gasteiger partial charge in [0.15, 0.2) is 0 Å². The van der Waals surface area contributed by atoms with E-state index >= 15 is 0 Å². The topological polar surface area (TPSA) is 76.1 Å². The maximum Gasteiger partial charge on any atom is 0.261 e. The highest BCUT2D eigenvalue weighted by molar-refractivity contribution is 7.92. The van der Waals surface area contributed by atoms with Crippen molar-refractivity contribution in [3.05, 3.63) is 89.2 Å². The minimum absolute atomic E-state index is 0.123. The third-order valence-electron chi connectivity index (χ3n) is 4.15. The number of nitrogens with one attached hydrogen (secondary N) is 1. The molecule has 0 aliphatic rings. The zero-order valence-corrected chi connectivity index (χ0v) is 16.6. The van der Waals surface area contributed by atoms with E-state index in [2.05, 4.69) is 9.71 Å². The van der Waals surface area contributed by atoms with Crippen LogP contribution in [0.15, 0.2) is 78.0 Å². The lowest BCUT2D eigenvalue weighted by molar-refractivity contribution is -0.118. The minimum atomic E-state index is -3.69. The minimum Gasteiger partial charge on any atom is -0.299 e. The fourth-order valence-corrected chi connectivity index (χ4v) is 3.85. The van der Waals surface area contributed by atoms with Gasteiger partial charge < -0.3 is 0 Å². The van der Waals surface area contributed by atoms with Crippen LogP contribution < -0.4 is 4.72 Å². The highest BCUT2D eigenvalue weighted by Crippen LogP contribution is 2.19. The molecule has 144 valence electrons. The number of pyridine rings is 1. The van der Waals surface area contributed by atoms with E-state index in [9.17, 15) is 13.2 Å². The normalized spacial score (nSPS) is 11.2. The molecule has 28 heavy (non-hydrogen) atoms. The van der Waals surface area contributed by atoms with Gasteiger partial charge in [-0.15, -0.1) is 0 Å². The second-order valence-corrected chi connectivity index (χ2v) is 8.45. The average Bonchev–Trinajstić information content (AvgIpc) is 2.69. The number of nitrogens with zero attached hydrogens (tertiary/aromatic N) is 1. The summed E-state index contributed by atoms with van der Waals surface area (Å²) >= 11 is 5.79. The van der Waals surface area contributed by atoms with E-state index < -0.39 is 10.0 Å². The Bertz CT molecular complexity index is 1040. The molecule has 0 radical (unpaired) electrons. The number of ketones is 1. The Balaban J connectivity index is 1.57. The SMILES string of the molecule is O=C(CCc1cccnc1)Cc1ccc(NS(=O)(=O)c2ccc(Cl)cc2)cc1. The molecule has 0 fully saturated rings. The molecular weight excluding hydrogens is 396 g/mol. The Kier molecular flexibility index (Phi) is 6.44.